The fourth-order valence-electron chi connectivity index (χ4n) is 1.52. The van der Waals surface area contributed by atoms with Crippen molar-refractivity contribution in [3.05, 3.63) is 29.8 Å². The molecule has 3 nitrogen and oxygen atoms in total. The second-order valence-corrected chi connectivity index (χ2v) is 4.48. The third-order valence-corrected chi connectivity index (χ3v) is 2.89. The summed E-state index contributed by atoms with van der Waals surface area (Å²) in [4.78, 5) is 11.1. The van der Waals surface area contributed by atoms with Crippen molar-refractivity contribution in [2.45, 2.75) is 25.7 Å². The molecule has 0 heterocycles. The second kappa shape index (κ2) is 8.86. The van der Waals surface area contributed by atoms with Gasteiger partial charge in [0.1, 0.15) is 5.75 Å². The lowest BCUT2D eigenvalue weighted by molar-refractivity contribution is -0.139. The van der Waals surface area contributed by atoms with Crippen LogP contribution in [-0.4, -0.2) is 25.4 Å². The number of rotatable bonds is 8. The largest absolute Gasteiger partial charge is 0.494 e. The van der Waals surface area contributed by atoms with Crippen molar-refractivity contribution in [1.29, 1.82) is 0 Å². The van der Waals surface area contributed by atoms with Gasteiger partial charge in [-0.15, -0.1) is 0 Å². The minimum atomic E-state index is -0.226. The molecule has 0 aromatic heterocycles. The summed E-state index contributed by atoms with van der Waals surface area (Å²) in [6.07, 6.45) is 3.62. The van der Waals surface area contributed by atoms with E-state index in [0.29, 0.717) is 6.42 Å². The van der Waals surface area contributed by atoms with Crippen molar-refractivity contribution in [3.63, 3.8) is 0 Å². The molecule has 0 saturated heterocycles. The third kappa shape index (κ3) is 5.96. The predicted octanol–water partition coefficient (Wildman–Crippen LogP) is 2.88. The topological polar surface area (TPSA) is 35.5 Å². The Morgan fingerprint density at radius 3 is 2.50 bits per heavy atom. The first-order valence-corrected chi connectivity index (χ1v) is 6.79. The van der Waals surface area contributed by atoms with Crippen LogP contribution in [0.15, 0.2) is 24.3 Å². The van der Waals surface area contributed by atoms with Crippen molar-refractivity contribution in [2.75, 3.05) is 19.5 Å². The second-order valence-electron chi connectivity index (χ2n) is 4.03. The number of hydrogen-bond donors (Lipinski definition) is 1. The first-order chi connectivity index (χ1) is 8.76. The summed E-state index contributed by atoms with van der Waals surface area (Å²) in [5.74, 6) is 1.55. The highest BCUT2D eigenvalue weighted by atomic mass is 32.1. The van der Waals surface area contributed by atoms with E-state index in [0.717, 1.165) is 42.9 Å². The van der Waals surface area contributed by atoms with Crippen LogP contribution in [0, 0.1) is 0 Å². The van der Waals surface area contributed by atoms with Gasteiger partial charge in [-0.1, -0.05) is 12.1 Å². The summed E-state index contributed by atoms with van der Waals surface area (Å²) in [5.41, 5.74) is 0.935. The smallest absolute Gasteiger partial charge is 0.309 e. The lowest BCUT2D eigenvalue weighted by atomic mass is 10.1. The van der Waals surface area contributed by atoms with Gasteiger partial charge in [-0.25, -0.2) is 0 Å². The third-order valence-electron chi connectivity index (χ3n) is 2.57. The molecule has 0 N–H and O–H groups in total. The molecule has 0 radical (unpaired) electrons. The maximum absolute atomic E-state index is 11.1. The van der Waals surface area contributed by atoms with E-state index in [-0.39, 0.29) is 5.97 Å². The van der Waals surface area contributed by atoms with Crippen molar-refractivity contribution in [2.24, 2.45) is 0 Å². The highest BCUT2D eigenvalue weighted by Crippen LogP contribution is 2.13. The summed E-state index contributed by atoms with van der Waals surface area (Å²) in [6.45, 7) is 0.726. The summed E-state index contributed by atoms with van der Waals surface area (Å²) < 4.78 is 10.2. The van der Waals surface area contributed by atoms with E-state index in [1.165, 1.54) is 7.11 Å². The van der Waals surface area contributed by atoms with E-state index < -0.39 is 0 Å². The van der Waals surface area contributed by atoms with Gasteiger partial charge in [0.05, 0.1) is 20.1 Å². The number of ether oxygens (including phenoxy) is 2. The molecule has 0 aliphatic carbocycles. The molecule has 0 unspecified atom stereocenters. The van der Waals surface area contributed by atoms with Crippen LogP contribution in [0.3, 0.4) is 0 Å². The van der Waals surface area contributed by atoms with E-state index in [9.17, 15) is 4.79 Å². The van der Waals surface area contributed by atoms with Crippen LogP contribution in [0.5, 0.6) is 5.75 Å². The zero-order chi connectivity index (χ0) is 13.2. The standard InChI is InChI=1S/C14H20O3S/c1-16-14(15)11-12-5-7-13(8-6-12)17-9-3-2-4-10-18/h5-8,18H,2-4,9-11H2,1H3. The summed E-state index contributed by atoms with van der Waals surface area (Å²) in [5, 5.41) is 0. The average Bonchev–Trinajstić information content (AvgIpc) is 2.40. The van der Waals surface area contributed by atoms with Crippen LogP contribution in [0.25, 0.3) is 0 Å². The molecule has 0 atom stereocenters. The van der Waals surface area contributed by atoms with Crippen LogP contribution in [0.2, 0.25) is 0 Å². The molecule has 1 aromatic carbocycles. The van der Waals surface area contributed by atoms with Crippen molar-refractivity contribution < 1.29 is 14.3 Å². The Labute approximate surface area is 114 Å². The zero-order valence-corrected chi connectivity index (χ0v) is 11.6. The highest BCUT2D eigenvalue weighted by Gasteiger charge is 2.02. The first-order valence-electron chi connectivity index (χ1n) is 6.15. The van der Waals surface area contributed by atoms with Gasteiger partial charge in [0.25, 0.3) is 0 Å². The number of hydrogen-bond acceptors (Lipinski definition) is 4. The Kier molecular flexibility index (Phi) is 7.34. The molecule has 18 heavy (non-hydrogen) atoms. The van der Waals surface area contributed by atoms with Crippen molar-refractivity contribution in [3.8, 4) is 5.75 Å². The molecule has 0 aliphatic rings. The lowest BCUT2D eigenvalue weighted by Gasteiger charge is -2.06. The molecule has 1 aromatic rings. The quantitative estimate of drug-likeness (QED) is 0.447. The molecule has 0 bridgehead atoms. The first kappa shape index (κ1) is 14.9. The molecule has 0 spiro atoms. The van der Waals surface area contributed by atoms with Gasteiger partial charge in [0, 0.05) is 0 Å². The molecular formula is C14H20O3S. The minimum absolute atomic E-state index is 0.226. The molecule has 0 fully saturated rings. The number of benzene rings is 1. The van der Waals surface area contributed by atoms with Crippen LogP contribution in [-0.2, 0) is 16.0 Å². The number of thiol groups is 1. The van der Waals surface area contributed by atoms with Gasteiger partial charge in [-0.2, -0.15) is 12.6 Å². The minimum Gasteiger partial charge on any atom is -0.494 e. The van der Waals surface area contributed by atoms with Gasteiger partial charge >= 0.3 is 5.97 Å². The lowest BCUT2D eigenvalue weighted by Crippen LogP contribution is -2.04. The Morgan fingerprint density at radius 2 is 1.89 bits per heavy atom. The van der Waals surface area contributed by atoms with Gasteiger partial charge < -0.3 is 9.47 Å². The van der Waals surface area contributed by atoms with Gasteiger partial charge in [-0.3, -0.25) is 4.79 Å². The number of methoxy groups -OCH3 is 1. The van der Waals surface area contributed by atoms with Crippen LogP contribution in [0.4, 0.5) is 0 Å². The monoisotopic (exact) mass is 268 g/mol. The molecule has 0 saturated carbocycles. The predicted molar refractivity (Wildman–Crippen MR) is 75.4 cm³/mol. The van der Waals surface area contributed by atoms with E-state index in [4.69, 9.17) is 4.74 Å². The SMILES string of the molecule is COC(=O)Cc1ccc(OCCCCCS)cc1. The zero-order valence-electron chi connectivity index (χ0n) is 10.7. The van der Waals surface area contributed by atoms with E-state index in [1.54, 1.807) is 0 Å². The molecule has 0 amide bonds. The maximum Gasteiger partial charge on any atom is 0.309 e. The number of esters is 1. The summed E-state index contributed by atoms with van der Waals surface area (Å²) in [6, 6.07) is 7.55. The van der Waals surface area contributed by atoms with Gasteiger partial charge in [0.15, 0.2) is 0 Å². The molecule has 4 heteroatoms. The summed E-state index contributed by atoms with van der Waals surface area (Å²) >= 11 is 4.16. The number of carbonyl (C=O) groups is 1. The van der Waals surface area contributed by atoms with Crippen molar-refractivity contribution >= 4 is 18.6 Å². The molecule has 1 rings (SSSR count). The number of unbranched alkanes of at least 4 members (excludes halogenated alkanes) is 2. The van der Waals surface area contributed by atoms with Crippen LogP contribution in [0.1, 0.15) is 24.8 Å². The van der Waals surface area contributed by atoms with Gasteiger partial charge in [-0.05, 0) is 42.7 Å². The Morgan fingerprint density at radius 1 is 1.17 bits per heavy atom. The van der Waals surface area contributed by atoms with Crippen LogP contribution >= 0.6 is 12.6 Å². The molecular weight excluding hydrogens is 248 g/mol. The van der Waals surface area contributed by atoms with Crippen LogP contribution < -0.4 is 4.74 Å². The van der Waals surface area contributed by atoms with Gasteiger partial charge in [0.2, 0.25) is 0 Å². The maximum atomic E-state index is 11.1. The summed E-state index contributed by atoms with van der Waals surface area (Å²) in [7, 11) is 1.39. The molecule has 0 aliphatic heterocycles. The fraction of sp³-hybridized carbons (Fsp3) is 0.500. The van der Waals surface area contributed by atoms with E-state index in [1.807, 2.05) is 24.3 Å². The van der Waals surface area contributed by atoms with Crippen molar-refractivity contribution in [1.82, 2.24) is 0 Å². The number of carbonyl (C=O) groups excluding carboxylic acids is 1. The Bertz CT molecular complexity index is 349. The van der Waals surface area contributed by atoms with E-state index in [2.05, 4.69) is 17.4 Å². The average molecular weight is 268 g/mol. The molecule has 100 valence electrons. The highest BCUT2D eigenvalue weighted by molar-refractivity contribution is 7.80. The Hall–Kier alpha value is -1.16. The normalized spacial score (nSPS) is 10.1. The fourth-order valence-corrected chi connectivity index (χ4v) is 1.75. The van der Waals surface area contributed by atoms with E-state index >= 15 is 0 Å². The Balaban J connectivity index is 2.29.